The van der Waals surface area contributed by atoms with Crippen molar-refractivity contribution in [2.45, 2.75) is 46.1 Å². The number of carbonyl (C=O) groups excluding carboxylic acids is 2. The van der Waals surface area contributed by atoms with Crippen LogP contribution in [0, 0.1) is 17.5 Å². The van der Waals surface area contributed by atoms with Crippen molar-refractivity contribution in [3.8, 4) is 0 Å². The number of nitrogens with zero attached hydrogens (tertiary/aromatic N) is 2. The number of aromatic nitrogens is 1. The van der Waals surface area contributed by atoms with E-state index in [1.165, 1.54) is 4.90 Å². The summed E-state index contributed by atoms with van der Waals surface area (Å²) >= 11 is 0.866. The molecule has 1 heterocycles. The molecule has 1 aromatic carbocycles. The largest absolute Gasteiger partial charge is 0.466 e. The van der Waals surface area contributed by atoms with Crippen molar-refractivity contribution in [3.63, 3.8) is 0 Å². The summed E-state index contributed by atoms with van der Waals surface area (Å²) in [5, 5.41) is 0.275. The fourth-order valence-corrected chi connectivity index (χ4v) is 3.58. The molecule has 1 amide bonds. The van der Waals surface area contributed by atoms with E-state index in [9.17, 15) is 22.8 Å². The average molecular weight is 428 g/mol. The van der Waals surface area contributed by atoms with Gasteiger partial charge in [-0.05, 0) is 13.3 Å². The van der Waals surface area contributed by atoms with E-state index in [1.54, 1.807) is 6.92 Å². The number of hydrogen-bond donors (Lipinski definition) is 0. The number of benzene rings is 1. The summed E-state index contributed by atoms with van der Waals surface area (Å²) in [6.45, 7) is 4.19. The number of unbranched alkanes of at least 4 members (excludes halogenated alkanes) is 1. The van der Waals surface area contributed by atoms with Gasteiger partial charge in [0.2, 0.25) is 5.91 Å². The first-order valence-electron chi connectivity index (χ1n) is 9.38. The standard InChI is InChI=1S/C20H23F3N2O3S/c1-3-5-6-7-10-25(16(26)8-9-17(27)28-4-2)12-15-24-19-18(23)13(21)11-14(22)20(19)29-15/h6-7,11H,3-5,8-10,12H2,1-2H3. The molecule has 0 unspecified atom stereocenters. The number of hydrogen-bond acceptors (Lipinski definition) is 5. The number of esters is 1. The fourth-order valence-electron chi connectivity index (χ4n) is 2.60. The molecule has 0 radical (unpaired) electrons. The summed E-state index contributed by atoms with van der Waals surface area (Å²) in [6, 6.07) is 0.482. The summed E-state index contributed by atoms with van der Waals surface area (Å²) in [4.78, 5) is 29.5. The van der Waals surface area contributed by atoms with E-state index >= 15 is 0 Å². The molecule has 2 rings (SSSR count). The molecule has 0 saturated carbocycles. The zero-order valence-corrected chi connectivity index (χ0v) is 17.2. The summed E-state index contributed by atoms with van der Waals surface area (Å²) in [6.07, 6.45) is 5.44. The van der Waals surface area contributed by atoms with Crippen LogP contribution in [0.1, 0.15) is 44.5 Å². The lowest BCUT2D eigenvalue weighted by atomic mass is 10.2. The molecule has 9 heteroatoms. The van der Waals surface area contributed by atoms with E-state index in [0.29, 0.717) is 6.07 Å². The maximum absolute atomic E-state index is 13.9. The van der Waals surface area contributed by atoms with Crippen molar-refractivity contribution >= 4 is 33.4 Å². The molecule has 0 aliphatic carbocycles. The third-order valence-electron chi connectivity index (χ3n) is 4.03. The van der Waals surface area contributed by atoms with E-state index < -0.39 is 23.4 Å². The van der Waals surface area contributed by atoms with Gasteiger partial charge in [-0.25, -0.2) is 18.2 Å². The van der Waals surface area contributed by atoms with Gasteiger partial charge < -0.3 is 9.64 Å². The minimum Gasteiger partial charge on any atom is -0.466 e. The number of amides is 1. The third kappa shape index (κ3) is 6.28. The zero-order valence-electron chi connectivity index (χ0n) is 16.3. The maximum Gasteiger partial charge on any atom is 0.306 e. The predicted octanol–water partition coefficient (Wildman–Crippen LogP) is 4.74. The van der Waals surface area contributed by atoms with Crippen LogP contribution in [-0.4, -0.2) is 34.9 Å². The Bertz CT molecular complexity index is 899. The Kier molecular flexibility index (Phi) is 8.63. The van der Waals surface area contributed by atoms with Crippen molar-refractivity contribution in [2.75, 3.05) is 13.2 Å². The van der Waals surface area contributed by atoms with Crippen LogP contribution < -0.4 is 0 Å². The highest BCUT2D eigenvalue weighted by molar-refractivity contribution is 7.18. The van der Waals surface area contributed by atoms with Crippen molar-refractivity contribution in [2.24, 2.45) is 0 Å². The number of thiazole rings is 1. The Morgan fingerprint density at radius 2 is 1.93 bits per heavy atom. The van der Waals surface area contributed by atoms with Crippen LogP contribution in [0.5, 0.6) is 0 Å². The number of halogens is 3. The molecule has 1 aromatic heterocycles. The number of carbonyl (C=O) groups is 2. The molecular formula is C20H23F3N2O3S. The topological polar surface area (TPSA) is 59.5 Å². The highest BCUT2D eigenvalue weighted by Gasteiger charge is 2.20. The SMILES string of the molecule is CCCC=CCN(Cc1nc2c(F)c(F)cc(F)c2s1)C(=O)CCC(=O)OCC. The first-order valence-corrected chi connectivity index (χ1v) is 10.2. The molecule has 5 nitrogen and oxygen atoms in total. The average Bonchev–Trinajstić information content (AvgIpc) is 3.11. The normalized spacial score (nSPS) is 11.3. The van der Waals surface area contributed by atoms with E-state index in [1.807, 2.05) is 19.1 Å². The Morgan fingerprint density at radius 1 is 1.17 bits per heavy atom. The number of rotatable bonds is 10. The van der Waals surface area contributed by atoms with Crippen LogP contribution in [0.15, 0.2) is 18.2 Å². The molecule has 0 fully saturated rings. The van der Waals surface area contributed by atoms with Crippen LogP contribution in [0.2, 0.25) is 0 Å². The smallest absolute Gasteiger partial charge is 0.306 e. The molecule has 0 bridgehead atoms. The maximum atomic E-state index is 13.9. The summed E-state index contributed by atoms with van der Waals surface area (Å²) in [7, 11) is 0. The van der Waals surface area contributed by atoms with Gasteiger partial charge in [-0.15, -0.1) is 11.3 Å². The van der Waals surface area contributed by atoms with Crippen molar-refractivity contribution in [3.05, 3.63) is 40.7 Å². The Labute approximate surface area is 171 Å². The van der Waals surface area contributed by atoms with E-state index in [4.69, 9.17) is 4.74 Å². The lowest BCUT2D eigenvalue weighted by Crippen LogP contribution is -2.31. The highest BCUT2D eigenvalue weighted by Crippen LogP contribution is 2.29. The minimum absolute atomic E-state index is 0.00201. The van der Waals surface area contributed by atoms with Gasteiger partial charge in [-0.2, -0.15) is 0 Å². The molecule has 0 atom stereocenters. The van der Waals surface area contributed by atoms with Gasteiger partial charge in [0, 0.05) is 19.0 Å². The van der Waals surface area contributed by atoms with Crippen LogP contribution in [0.4, 0.5) is 13.2 Å². The van der Waals surface area contributed by atoms with Gasteiger partial charge in [-0.3, -0.25) is 9.59 Å². The highest BCUT2D eigenvalue weighted by atomic mass is 32.1. The summed E-state index contributed by atoms with van der Waals surface area (Å²) in [5.41, 5.74) is -0.386. The van der Waals surface area contributed by atoms with Crippen LogP contribution in [-0.2, 0) is 20.9 Å². The second-order valence-corrected chi connectivity index (χ2v) is 7.36. The second kappa shape index (κ2) is 10.9. The summed E-state index contributed by atoms with van der Waals surface area (Å²) < 4.78 is 46.0. The van der Waals surface area contributed by atoms with Gasteiger partial charge in [0.1, 0.15) is 16.3 Å². The van der Waals surface area contributed by atoms with Crippen molar-refractivity contribution in [1.29, 1.82) is 0 Å². The molecule has 2 aromatic rings. The lowest BCUT2D eigenvalue weighted by Gasteiger charge is -2.20. The molecular weight excluding hydrogens is 405 g/mol. The van der Waals surface area contributed by atoms with E-state index in [0.717, 1.165) is 24.2 Å². The molecule has 29 heavy (non-hydrogen) atoms. The predicted molar refractivity (Wildman–Crippen MR) is 105 cm³/mol. The molecule has 0 aliphatic heterocycles. The zero-order chi connectivity index (χ0) is 21.4. The van der Waals surface area contributed by atoms with Gasteiger partial charge in [0.15, 0.2) is 11.6 Å². The fraction of sp³-hybridized carbons (Fsp3) is 0.450. The Balaban J connectivity index is 2.19. The van der Waals surface area contributed by atoms with Gasteiger partial charge in [0.05, 0.1) is 24.3 Å². The minimum atomic E-state index is -1.31. The van der Waals surface area contributed by atoms with Gasteiger partial charge in [0.25, 0.3) is 0 Å². The molecule has 0 saturated heterocycles. The first kappa shape index (κ1) is 22.9. The van der Waals surface area contributed by atoms with Crippen LogP contribution in [0.25, 0.3) is 10.2 Å². The van der Waals surface area contributed by atoms with E-state index in [-0.39, 0.29) is 53.7 Å². The Morgan fingerprint density at radius 3 is 2.62 bits per heavy atom. The van der Waals surface area contributed by atoms with E-state index in [2.05, 4.69) is 4.98 Å². The summed E-state index contributed by atoms with van der Waals surface area (Å²) in [5.74, 6) is -4.21. The number of fused-ring (bicyclic) bond motifs is 1. The first-order chi connectivity index (χ1) is 13.9. The number of allylic oxidation sites excluding steroid dienone is 1. The van der Waals surface area contributed by atoms with Crippen molar-refractivity contribution < 1.29 is 27.5 Å². The third-order valence-corrected chi connectivity index (χ3v) is 5.08. The quantitative estimate of drug-likeness (QED) is 0.312. The molecule has 0 aliphatic rings. The second-order valence-electron chi connectivity index (χ2n) is 6.28. The van der Waals surface area contributed by atoms with Gasteiger partial charge in [-0.1, -0.05) is 25.5 Å². The number of ether oxygens (including phenoxy) is 1. The Hall–Kier alpha value is -2.42. The molecule has 158 valence electrons. The van der Waals surface area contributed by atoms with Gasteiger partial charge >= 0.3 is 5.97 Å². The van der Waals surface area contributed by atoms with Crippen molar-refractivity contribution in [1.82, 2.24) is 9.88 Å². The molecule has 0 spiro atoms. The molecule has 0 N–H and O–H groups in total. The van der Waals surface area contributed by atoms with Crippen LogP contribution >= 0.6 is 11.3 Å². The monoisotopic (exact) mass is 428 g/mol. The lowest BCUT2D eigenvalue weighted by molar-refractivity contribution is -0.145. The van der Waals surface area contributed by atoms with Crippen LogP contribution in [0.3, 0.4) is 0 Å².